The molecule has 5 N–H and O–H groups in total. The van der Waals surface area contributed by atoms with Gasteiger partial charge in [0, 0.05) is 18.4 Å². The van der Waals surface area contributed by atoms with Crippen molar-refractivity contribution in [1.82, 2.24) is 0 Å². The minimum atomic E-state index is -5.20. The lowest BCUT2D eigenvalue weighted by molar-refractivity contribution is -0.114. The van der Waals surface area contributed by atoms with Crippen molar-refractivity contribution >= 4 is 74.2 Å². The molecule has 0 unspecified atom stereocenters. The number of fused-ring (bicyclic) bond motifs is 1. The molecule has 240 valence electrons. The molecule has 0 spiro atoms. The number of hydrogen-bond acceptors (Lipinski definition) is 14. The normalized spacial score (nSPS) is 13.0. The van der Waals surface area contributed by atoms with E-state index in [0.29, 0.717) is 6.07 Å². The molecular weight excluding hydrogens is 675 g/mol. The fourth-order valence-electron chi connectivity index (χ4n) is 3.88. The van der Waals surface area contributed by atoms with Gasteiger partial charge in [0.15, 0.2) is 15.6 Å². The van der Waals surface area contributed by atoms with Crippen molar-refractivity contribution in [1.29, 1.82) is 0 Å². The minimum Gasteiger partial charge on any atom is -0.505 e. The third kappa shape index (κ3) is 8.03. The molecule has 3 rings (SSSR count). The number of azo groups is 1. The van der Waals surface area contributed by atoms with Crippen LogP contribution >= 0.6 is 0 Å². The number of ether oxygens (including phenoxy) is 1. The topological polar surface area (TPSA) is 290 Å². The molecule has 0 atom stereocenters. The fraction of sp³-hybridized carbons (Fsp3) is 0.227. The fourth-order valence-corrected chi connectivity index (χ4v) is 6.84. The molecule has 0 aliphatic rings. The van der Waals surface area contributed by atoms with Crippen molar-refractivity contribution in [3.63, 3.8) is 0 Å². The summed E-state index contributed by atoms with van der Waals surface area (Å²) in [6.07, 6.45) is 0. The average Bonchev–Trinajstić information content (AvgIpc) is 2.85. The highest BCUT2D eigenvalue weighted by Crippen LogP contribution is 2.46. The maximum atomic E-state index is 12.7. The Kier molecular flexibility index (Phi) is 9.72. The van der Waals surface area contributed by atoms with Gasteiger partial charge in [-0.05, 0) is 42.1 Å². The minimum absolute atomic E-state index is 0.0232. The van der Waals surface area contributed by atoms with Crippen molar-refractivity contribution in [2.75, 3.05) is 24.8 Å². The highest BCUT2D eigenvalue weighted by Gasteiger charge is 2.26. The molecule has 1 amide bonds. The Labute approximate surface area is 250 Å². The number of phenols is 1. The summed E-state index contributed by atoms with van der Waals surface area (Å²) < 4.78 is 132. The number of methoxy groups -OCH3 is 1. The van der Waals surface area contributed by atoms with Gasteiger partial charge in [-0.1, -0.05) is 0 Å². The molecule has 0 bridgehead atoms. The van der Waals surface area contributed by atoms with Gasteiger partial charge >= 0.3 is 10.4 Å². The molecule has 0 fully saturated rings. The van der Waals surface area contributed by atoms with E-state index in [9.17, 15) is 52.7 Å². The lowest BCUT2D eigenvalue weighted by atomic mass is 10.1. The van der Waals surface area contributed by atoms with Crippen LogP contribution in [0.3, 0.4) is 0 Å². The van der Waals surface area contributed by atoms with Gasteiger partial charge in [-0.3, -0.25) is 18.5 Å². The van der Waals surface area contributed by atoms with Crippen LogP contribution in [0, 0.1) is 6.92 Å². The lowest BCUT2D eigenvalue weighted by Crippen LogP contribution is -2.16. The van der Waals surface area contributed by atoms with Gasteiger partial charge in [0.25, 0.3) is 20.2 Å². The lowest BCUT2D eigenvalue weighted by Gasteiger charge is -2.14. The number of amides is 1. The molecular formula is C22H23N3O15S4. The third-order valence-electron chi connectivity index (χ3n) is 5.66. The van der Waals surface area contributed by atoms with Crippen LogP contribution in [-0.2, 0) is 49.5 Å². The number of rotatable bonds is 11. The van der Waals surface area contributed by atoms with Gasteiger partial charge in [-0.2, -0.15) is 25.3 Å². The second-order valence-electron chi connectivity index (χ2n) is 8.83. The zero-order valence-electron chi connectivity index (χ0n) is 22.6. The van der Waals surface area contributed by atoms with Gasteiger partial charge in [0.1, 0.15) is 22.0 Å². The number of carbonyl (C=O) groups is 1. The maximum absolute atomic E-state index is 12.7. The van der Waals surface area contributed by atoms with E-state index in [1.807, 2.05) is 0 Å². The Morgan fingerprint density at radius 2 is 1.52 bits per heavy atom. The van der Waals surface area contributed by atoms with Gasteiger partial charge in [0.05, 0.1) is 34.9 Å². The Balaban J connectivity index is 2.24. The standard InChI is InChI=1S/C22H23N3O15S4/c1-11-6-15(17(39-3)10-18(11)41(28,29)5-4-40-44(36,37)38)24-25-21-19(43(33,34)35)8-13-7-14(42(30,31)32)9-16(23-12(2)26)20(13)22(21)27/h6-10,27H,4-5H2,1-3H3,(H,23,26)(H,30,31,32)(H,33,34,35)(H,36,37,38)/b25-24+. The number of hydrogen-bond donors (Lipinski definition) is 5. The van der Waals surface area contributed by atoms with Gasteiger partial charge in [0.2, 0.25) is 5.91 Å². The van der Waals surface area contributed by atoms with E-state index in [1.165, 1.54) is 6.92 Å². The van der Waals surface area contributed by atoms with Crippen molar-refractivity contribution in [2.24, 2.45) is 10.2 Å². The SMILES string of the molecule is COc1cc(S(=O)(=O)CCOS(=O)(=O)O)c(C)cc1/N=N/c1c(S(=O)(=O)O)cc2cc(S(=O)(=O)O)cc(NC(C)=O)c2c1O. The number of aromatic hydroxyl groups is 1. The third-order valence-corrected chi connectivity index (χ3v) is 9.64. The van der Waals surface area contributed by atoms with Gasteiger partial charge in [-0.15, -0.1) is 10.2 Å². The zero-order chi connectivity index (χ0) is 33.4. The largest absolute Gasteiger partial charge is 0.505 e. The number of aryl methyl sites for hydroxylation is 1. The zero-order valence-corrected chi connectivity index (χ0v) is 25.9. The molecule has 0 radical (unpaired) electrons. The summed E-state index contributed by atoms with van der Waals surface area (Å²) in [7, 11) is -18.1. The molecule has 3 aromatic carbocycles. The van der Waals surface area contributed by atoms with Crippen molar-refractivity contribution < 1.29 is 66.2 Å². The van der Waals surface area contributed by atoms with E-state index in [-0.39, 0.29) is 38.4 Å². The molecule has 0 saturated carbocycles. The molecule has 18 nitrogen and oxygen atoms in total. The molecule has 3 aromatic rings. The quantitative estimate of drug-likeness (QED) is 0.142. The van der Waals surface area contributed by atoms with E-state index in [1.54, 1.807) is 0 Å². The summed E-state index contributed by atoms with van der Waals surface area (Å²) >= 11 is 0. The Bertz CT molecular complexity index is 2140. The van der Waals surface area contributed by atoms with Crippen LogP contribution in [0.1, 0.15) is 12.5 Å². The van der Waals surface area contributed by atoms with Crippen LogP contribution in [0.4, 0.5) is 17.1 Å². The van der Waals surface area contributed by atoms with E-state index < -0.39 is 80.0 Å². The van der Waals surface area contributed by atoms with Gasteiger partial charge in [-0.25, -0.2) is 12.6 Å². The van der Waals surface area contributed by atoms with E-state index in [0.717, 1.165) is 38.3 Å². The van der Waals surface area contributed by atoms with Crippen molar-refractivity contribution in [2.45, 2.75) is 28.5 Å². The molecule has 44 heavy (non-hydrogen) atoms. The van der Waals surface area contributed by atoms with Crippen LogP contribution < -0.4 is 10.1 Å². The monoisotopic (exact) mass is 697 g/mol. The molecule has 0 aromatic heterocycles. The van der Waals surface area contributed by atoms with Crippen molar-refractivity contribution in [3.05, 3.63) is 35.9 Å². The summed E-state index contributed by atoms with van der Waals surface area (Å²) in [5.41, 5.74) is -1.47. The molecule has 0 saturated heterocycles. The first-order valence-corrected chi connectivity index (χ1v) is 17.5. The second kappa shape index (κ2) is 12.3. The average molecular weight is 698 g/mol. The van der Waals surface area contributed by atoms with E-state index in [4.69, 9.17) is 9.29 Å². The molecule has 0 heterocycles. The number of carbonyl (C=O) groups excluding carboxylic acids is 1. The van der Waals surface area contributed by atoms with Crippen LogP contribution in [0.5, 0.6) is 11.5 Å². The number of benzene rings is 3. The maximum Gasteiger partial charge on any atom is 0.397 e. The molecule has 0 aliphatic carbocycles. The number of nitrogens with zero attached hydrogens (tertiary/aromatic N) is 2. The summed E-state index contributed by atoms with van der Waals surface area (Å²) in [4.78, 5) is 9.56. The Morgan fingerprint density at radius 1 is 0.886 bits per heavy atom. The number of anilines is 1. The summed E-state index contributed by atoms with van der Waals surface area (Å²) in [5, 5.41) is 20.1. The molecule has 22 heteroatoms. The number of phenolic OH excluding ortho intramolecular Hbond substituents is 1. The highest BCUT2D eigenvalue weighted by atomic mass is 32.3. The first kappa shape index (κ1) is 34.7. The predicted octanol–water partition coefficient (Wildman–Crippen LogP) is 2.32. The van der Waals surface area contributed by atoms with E-state index in [2.05, 4.69) is 19.7 Å². The molecule has 0 aliphatic heterocycles. The Hall–Kier alpha value is -3.77. The Morgan fingerprint density at radius 3 is 2.05 bits per heavy atom. The second-order valence-corrected chi connectivity index (χ2v) is 14.8. The smallest absolute Gasteiger partial charge is 0.397 e. The van der Waals surface area contributed by atoms with Crippen LogP contribution in [0.25, 0.3) is 10.8 Å². The first-order chi connectivity index (χ1) is 20.0. The van der Waals surface area contributed by atoms with Crippen LogP contribution in [0.2, 0.25) is 0 Å². The van der Waals surface area contributed by atoms with Crippen LogP contribution in [-0.4, -0.2) is 77.8 Å². The number of nitrogens with one attached hydrogen (secondary N) is 1. The predicted molar refractivity (Wildman–Crippen MR) is 151 cm³/mol. The summed E-state index contributed by atoms with van der Waals surface area (Å²) in [6, 6.07) is 4.36. The highest BCUT2D eigenvalue weighted by molar-refractivity contribution is 7.91. The van der Waals surface area contributed by atoms with E-state index >= 15 is 0 Å². The first-order valence-electron chi connectivity index (χ1n) is 11.6. The number of sulfone groups is 1. The van der Waals surface area contributed by atoms with Gasteiger partial charge < -0.3 is 15.2 Å². The summed E-state index contributed by atoms with van der Waals surface area (Å²) in [5.74, 6) is -2.87. The van der Waals surface area contributed by atoms with Crippen LogP contribution in [0.15, 0.2) is 55.2 Å². The summed E-state index contributed by atoms with van der Waals surface area (Å²) in [6.45, 7) is 1.45. The van der Waals surface area contributed by atoms with Crippen molar-refractivity contribution in [3.8, 4) is 11.5 Å².